The van der Waals surface area contributed by atoms with E-state index in [0.717, 1.165) is 25.2 Å². The molecule has 0 bridgehead atoms. The minimum atomic E-state index is -0.486. The average molecular weight is 268 g/mol. The second kappa shape index (κ2) is 5.16. The fraction of sp³-hybridized carbons (Fsp3) is 0.462. The average Bonchev–Trinajstić information content (AvgIpc) is 2.77. The molecule has 1 amide bonds. The van der Waals surface area contributed by atoms with E-state index in [-0.39, 0.29) is 6.04 Å². The molecular formula is C13H18ClN3O. The lowest BCUT2D eigenvalue weighted by molar-refractivity contribution is 0.100. The third-order valence-electron chi connectivity index (χ3n) is 3.55. The van der Waals surface area contributed by atoms with Gasteiger partial charge in [-0.05, 0) is 31.4 Å². The highest BCUT2D eigenvalue weighted by atomic mass is 35.5. The van der Waals surface area contributed by atoms with Gasteiger partial charge >= 0.3 is 0 Å². The maximum atomic E-state index is 11.5. The van der Waals surface area contributed by atoms with Crippen molar-refractivity contribution in [3.63, 3.8) is 0 Å². The highest BCUT2D eigenvalue weighted by Crippen LogP contribution is 2.31. The Morgan fingerprint density at radius 2 is 2.28 bits per heavy atom. The Balaban J connectivity index is 2.30. The Kier molecular flexibility index (Phi) is 3.78. The summed E-state index contributed by atoms with van der Waals surface area (Å²) in [6, 6.07) is 5.56. The molecule has 1 saturated heterocycles. The molecule has 0 spiro atoms. The van der Waals surface area contributed by atoms with Gasteiger partial charge in [0.15, 0.2) is 0 Å². The first kappa shape index (κ1) is 13.2. The monoisotopic (exact) mass is 267 g/mol. The predicted molar refractivity (Wildman–Crippen MR) is 73.9 cm³/mol. The fourth-order valence-electron chi connectivity index (χ4n) is 2.46. The van der Waals surface area contributed by atoms with Gasteiger partial charge in [-0.15, -0.1) is 0 Å². The normalized spacial score (nSPS) is 21.1. The van der Waals surface area contributed by atoms with E-state index in [9.17, 15) is 4.79 Å². The molecule has 0 aromatic heterocycles. The number of hydrogen-bond donors (Lipinski definition) is 2. The van der Waals surface area contributed by atoms with Crippen LogP contribution in [0.5, 0.6) is 0 Å². The molecule has 4 nitrogen and oxygen atoms in total. The van der Waals surface area contributed by atoms with Crippen LogP contribution < -0.4 is 16.4 Å². The quantitative estimate of drug-likeness (QED) is 0.874. The van der Waals surface area contributed by atoms with Gasteiger partial charge in [-0.2, -0.15) is 0 Å². The van der Waals surface area contributed by atoms with E-state index in [4.69, 9.17) is 23.1 Å². The number of carbonyl (C=O) groups excluding carboxylic acids is 1. The second-order valence-corrected chi connectivity index (χ2v) is 5.26. The van der Waals surface area contributed by atoms with Crippen molar-refractivity contribution < 1.29 is 4.79 Å². The van der Waals surface area contributed by atoms with Crippen molar-refractivity contribution in [1.29, 1.82) is 0 Å². The summed E-state index contributed by atoms with van der Waals surface area (Å²) in [7, 11) is 0. The smallest absolute Gasteiger partial charge is 0.252 e. The van der Waals surface area contributed by atoms with Crippen LogP contribution in [0.3, 0.4) is 0 Å². The van der Waals surface area contributed by atoms with Crippen LogP contribution in [-0.2, 0) is 0 Å². The van der Waals surface area contributed by atoms with Gasteiger partial charge in [-0.25, -0.2) is 0 Å². The molecule has 0 radical (unpaired) electrons. The molecule has 2 unspecified atom stereocenters. The van der Waals surface area contributed by atoms with Crippen molar-refractivity contribution in [3.8, 4) is 0 Å². The molecule has 0 saturated carbocycles. The zero-order valence-corrected chi connectivity index (χ0v) is 11.2. The van der Waals surface area contributed by atoms with Gasteiger partial charge in [0.25, 0.3) is 5.91 Å². The van der Waals surface area contributed by atoms with Gasteiger partial charge in [0.2, 0.25) is 0 Å². The highest BCUT2D eigenvalue weighted by Gasteiger charge is 2.28. The predicted octanol–water partition coefficient (Wildman–Crippen LogP) is 1.61. The molecule has 0 aliphatic carbocycles. The number of primary amides is 1. The van der Waals surface area contributed by atoms with Gasteiger partial charge in [-0.3, -0.25) is 4.79 Å². The van der Waals surface area contributed by atoms with E-state index in [1.807, 2.05) is 19.1 Å². The molecule has 1 aliphatic rings. The van der Waals surface area contributed by atoms with Crippen LogP contribution in [0.4, 0.5) is 5.69 Å². The maximum Gasteiger partial charge on any atom is 0.252 e. The molecule has 2 rings (SSSR count). The Morgan fingerprint density at radius 3 is 2.83 bits per heavy atom. The molecule has 5 heteroatoms. The summed E-state index contributed by atoms with van der Waals surface area (Å²) >= 11 is 6.05. The molecular weight excluding hydrogens is 250 g/mol. The van der Waals surface area contributed by atoms with Crippen molar-refractivity contribution in [3.05, 3.63) is 28.8 Å². The Hall–Kier alpha value is -1.26. The van der Waals surface area contributed by atoms with Crippen molar-refractivity contribution in [2.75, 3.05) is 18.0 Å². The van der Waals surface area contributed by atoms with Crippen molar-refractivity contribution >= 4 is 23.2 Å². The summed E-state index contributed by atoms with van der Waals surface area (Å²) in [5.74, 6) is -0.0374. The minimum Gasteiger partial charge on any atom is -0.370 e. The summed E-state index contributed by atoms with van der Waals surface area (Å²) in [6.07, 6.45) is 1.03. The number of amides is 1. The third kappa shape index (κ3) is 2.44. The number of rotatable bonds is 3. The van der Waals surface area contributed by atoms with Crippen molar-refractivity contribution in [2.45, 2.75) is 19.4 Å². The van der Waals surface area contributed by atoms with Crippen LogP contribution in [0, 0.1) is 5.92 Å². The van der Waals surface area contributed by atoms with Gasteiger partial charge < -0.3 is 16.4 Å². The number of carbonyl (C=O) groups is 1. The molecule has 1 heterocycles. The Bertz CT molecular complexity index is 462. The number of benzene rings is 1. The zero-order chi connectivity index (χ0) is 13.3. The van der Waals surface area contributed by atoms with Crippen LogP contribution in [0.1, 0.15) is 23.7 Å². The third-order valence-corrected chi connectivity index (χ3v) is 3.86. The van der Waals surface area contributed by atoms with Gasteiger partial charge in [0.05, 0.1) is 16.3 Å². The van der Waals surface area contributed by atoms with E-state index in [2.05, 4.69) is 4.90 Å². The van der Waals surface area contributed by atoms with E-state index < -0.39 is 5.91 Å². The number of nitrogens with two attached hydrogens (primary N) is 2. The fourth-order valence-corrected chi connectivity index (χ4v) is 2.72. The Labute approximate surface area is 112 Å². The largest absolute Gasteiger partial charge is 0.370 e. The van der Waals surface area contributed by atoms with E-state index >= 15 is 0 Å². The number of nitrogens with zero attached hydrogens (tertiary/aromatic N) is 1. The van der Waals surface area contributed by atoms with Crippen LogP contribution >= 0.6 is 11.6 Å². The summed E-state index contributed by atoms with van der Waals surface area (Å²) in [6.45, 7) is 3.74. The first-order valence-electron chi connectivity index (χ1n) is 6.09. The maximum absolute atomic E-state index is 11.5. The van der Waals surface area contributed by atoms with Crippen LogP contribution in [0.2, 0.25) is 5.02 Å². The van der Waals surface area contributed by atoms with Crippen molar-refractivity contribution in [1.82, 2.24) is 0 Å². The Morgan fingerprint density at radius 1 is 1.56 bits per heavy atom. The molecule has 2 atom stereocenters. The first-order chi connectivity index (χ1) is 8.50. The standard InChI is InChI=1S/C13H18ClN3O/c1-8(15)9-5-6-17(7-9)11-4-2-3-10(14)12(11)13(16)18/h2-4,8-9H,5-7,15H2,1H3,(H2,16,18). The zero-order valence-electron chi connectivity index (χ0n) is 10.4. The van der Waals surface area contributed by atoms with Gasteiger partial charge in [-0.1, -0.05) is 17.7 Å². The summed E-state index contributed by atoms with van der Waals surface area (Å²) in [4.78, 5) is 13.6. The molecule has 98 valence electrons. The first-order valence-corrected chi connectivity index (χ1v) is 6.47. The molecule has 18 heavy (non-hydrogen) atoms. The number of anilines is 1. The molecule has 4 N–H and O–H groups in total. The summed E-state index contributed by atoms with van der Waals surface area (Å²) in [5.41, 5.74) is 12.5. The lowest BCUT2D eigenvalue weighted by atomic mass is 10.0. The van der Waals surface area contributed by atoms with E-state index in [1.165, 1.54) is 0 Å². The van der Waals surface area contributed by atoms with Crippen LogP contribution in [0.15, 0.2) is 18.2 Å². The molecule has 1 aromatic rings. The second-order valence-electron chi connectivity index (χ2n) is 4.85. The minimum absolute atomic E-state index is 0.159. The summed E-state index contributed by atoms with van der Waals surface area (Å²) in [5, 5.41) is 0.407. The SMILES string of the molecule is CC(N)C1CCN(c2cccc(Cl)c2C(N)=O)C1. The topological polar surface area (TPSA) is 72.3 Å². The van der Waals surface area contributed by atoms with Crippen LogP contribution in [0.25, 0.3) is 0 Å². The van der Waals surface area contributed by atoms with E-state index in [0.29, 0.717) is 16.5 Å². The van der Waals surface area contributed by atoms with E-state index in [1.54, 1.807) is 6.07 Å². The van der Waals surface area contributed by atoms with Crippen LogP contribution in [-0.4, -0.2) is 25.0 Å². The molecule has 1 aromatic carbocycles. The van der Waals surface area contributed by atoms with Gasteiger partial charge in [0, 0.05) is 19.1 Å². The number of hydrogen-bond acceptors (Lipinski definition) is 3. The number of halogens is 1. The lowest BCUT2D eigenvalue weighted by Gasteiger charge is -2.22. The molecule has 1 aliphatic heterocycles. The van der Waals surface area contributed by atoms with Crippen molar-refractivity contribution in [2.24, 2.45) is 17.4 Å². The lowest BCUT2D eigenvalue weighted by Crippen LogP contribution is -2.30. The summed E-state index contributed by atoms with van der Waals surface area (Å²) < 4.78 is 0. The highest BCUT2D eigenvalue weighted by molar-refractivity contribution is 6.34. The molecule has 1 fully saturated rings. The van der Waals surface area contributed by atoms with Gasteiger partial charge in [0.1, 0.15) is 0 Å².